The number of nitriles is 1. The summed E-state index contributed by atoms with van der Waals surface area (Å²) in [7, 11) is 2.02. The first kappa shape index (κ1) is 26.0. The third-order valence-electron chi connectivity index (χ3n) is 5.28. The highest BCUT2D eigenvalue weighted by molar-refractivity contribution is 5.70. The van der Waals surface area contributed by atoms with Gasteiger partial charge in [-0.2, -0.15) is 22.8 Å². The van der Waals surface area contributed by atoms with Gasteiger partial charge in [-0.15, -0.1) is 10.2 Å². The lowest BCUT2D eigenvalue weighted by Crippen LogP contribution is -2.07. The third-order valence-corrected chi connectivity index (χ3v) is 5.28. The van der Waals surface area contributed by atoms with Gasteiger partial charge in [-0.3, -0.25) is 0 Å². The molecule has 0 spiro atoms. The fourth-order valence-corrected chi connectivity index (χ4v) is 3.59. The number of rotatable bonds is 6. The molecule has 0 radical (unpaired) electrons. The van der Waals surface area contributed by atoms with Gasteiger partial charge < -0.3 is 4.57 Å². The van der Waals surface area contributed by atoms with Crippen molar-refractivity contribution >= 4 is 0 Å². The highest BCUT2D eigenvalue weighted by atomic mass is 19.4. The first-order valence-corrected chi connectivity index (χ1v) is 10.7. The van der Waals surface area contributed by atoms with Crippen LogP contribution in [0.4, 0.5) is 17.6 Å². The summed E-state index contributed by atoms with van der Waals surface area (Å²) in [6.45, 7) is 5.98. The van der Waals surface area contributed by atoms with Gasteiger partial charge in [0.05, 0.1) is 17.2 Å². The summed E-state index contributed by atoms with van der Waals surface area (Å²) in [5.74, 6) is 1.02. The molecule has 0 amide bonds. The third kappa shape index (κ3) is 6.85. The van der Waals surface area contributed by atoms with Gasteiger partial charge >= 0.3 is 6.18 Å². The minimum Gasteiger partial charge on any atom is -0.320 e. The summed E-state index contributed by atoms with van der Waals surface area (Å²) >= 11 is 0. The molecule has 2 aromatic heterocycles. The Hall–Kier alpha value is -3.28. The van der Waals surface area contributed by atoms with Crippen molar-refractivity contribution in [2.75, 3.05) is 0 Å². The predicted octanol–water partition coefficient (Wildman–Crippen LogP) is 6.59. The fourth-order valence-electron chi connectivity index (χ4n) is 3.59. The molecule has 2 heterocycles. The SMILES string of the molecule is CCCC(CCC)c1nncn1C.Cc1c(C#N)cc(C(F)(F)F)cc1-c1ccc(F)nc1. The van der Waals surface area contributed by atoms with Crippen LogP contribution in [0.1, 0.15) is 68.0 Å². The largest absolute Gasteiger partial charge is 0.416 e. The van der Waals surface area contributed by atoms with Crippen LogP contribution in [0, 0.1) is 24.2 Å². The Morgan fingerprint density at radius 3 is 2.24 bits per heavy atom. The average Bonchev–Trinajstić information content (AvgIpc) is 3.20. The smallest absolute Gasteiger partial charge is 0.320 e. The van der Waals surface area contributed by atoms with E-state index in [-0.39, 0.29) is 11.1 Å². The number of pyridine rings is 1. The Kier molecular flexibility index (Phi) is 9.09. The Balaban J connectivity index is 0.000000257. The molecule has 0 saturated heterocycles. The lowest BCUT2D eigenvalue weighted by molar-refractivity contribution is -0.137. The van der Waals surface area contributed by atoms with Gasteiger partial charge in [-0.05, 0) is 55.2 Å². The first-order chi connectivity index (χ1) is 15.6. The summed E-state index contributed by atoms with van der Waals surface area (Å²) in [5, 5.41) is 17.0. The van der Waals surface area contributed by atoms with Crippen LogP contribution in [0.5, 0.6) is 0 Å². The fraction of sp³-hybridized carbons (Fsp3) is 0.417. The standard InChI is InChI=1S/C14H8F4N2.C10H19N3/c1-8-10(6-19)4-11(14(16,17)18)5-12(8)9-2-3-13(15)20-7-9;1-4-6-9(7-5-2)10-12-11-8-13(10)3/h2-5,7H,1H3;8-9H,4-7H2,1-3H3. The van der Waals surface area contributed by atoms with Gasteiger partial charge in [0.25, 0.3) is 0 Å². The second-order valence-electron chi connectivity index (χ2n) is 7.75. The maximum absolute atomic E-state index is 12.8. The highest BCUT2D eigenvalue weighted by Gasteiger charge is 2.32. The lowest BCUT2D eigenvalue weighted by atomic mass is 9.95. The minimum absolute atomic E-state index is 0.0702. The zero-order chi connectivity index (χ0) is 24.6. The monoisotopic (exact) mass is 461 g/mol. The Morgan fingerprint density at radius 1 is 1.12 bits per heavy atom. The molecule has 176 valence electrons. The van der Waals surface area contributed by atoms with Crippen molar-refractivity contribution in [3.8, 4) is 17.2 Å². The number of benzene rings is 1. The second kappa shape index (κ2) is 11.5. The van der Waals surface area contributed by atoms with Crippen LogP contribution in [-0.2, 0) is 13.2 Å². The molecule has 33 heavy (non-hydrogen) atoms. The number of halogens is 4. The van der Waals surface area contributed by atoms with Crippen molar-refractivity contribution in [2.45, 2.75) is 58.5 Å². The maximum atomic E-state index is 12.8. The lowest BCUT2D eigenvalue weighted by Gasteiger charge is -2.13. The first-order valence-electron chi connectivity index (χ1n) is 10.7. The van der Waals surface area contributed by atoms with Crippen LogP contribution in [0.3, 0.4) is 0 Å². The van der Waals surface area contributed by atoms with E-state index in [0.717, 1.165) is 30.2 Å². The number of hydrogen-bond acceptors (Lipinski definition) is 4. The van der Waals surface area contributed by atoms with Gasteiger partial charge in [0.1, 0.15) is 12.2 Å². The van der Waals surface area contributed by atoms with E-state index < -0.39 is 17.7 Å². The molecule has 3 aromatic rings. The van der Waals surface area contributed by atoms with Gasteiger partial charge in [-0.25, -0.2) is 4.98 Å². The topological polar surface area (TPSA) is 67.4 Å². The van der Waals surface area contributed by atoms with Gasteiger partial charge in [0.15, 0.2) is 0 Å². The van der Waals surface area contributed by atoms with Crippen molar-refractivity contribution < 1.29 is 17.6 Å². The molecular formula is C24H27F4N5. The molecule has 1 aromatic carbocycles. The highest BCUT2D eigenvalue weighted by Crippen LogP contribution is 2.35. The number of nitrogens with zero attached hydrogens (tertiary/aromatic N) is 5. The molecule has 0 saturated carbocycles. The van der Waals surface area contributed by atoms with E-state index >= 15 is 0 Å². The molecule has 0 aliphatic carbocycles. The molecule has 0 fully saturated rings. The van der Waals surface area contributed by atoms with Crippen molar-refractivity contribution in [1.82, 2.24) is 19.7 Å². The minimum atomic E-state index is -4.55. The van der Waals surface area contributed by atoms with E-state index in [1.165, 1.54) is 38.7 Å². The molecule has 0 bridgehead atoms. The van der Waals surface area contributed by atoms with Crippen LogP contribution in [-0.4, -0.2) is 19.7 Å². The Labute approximate surface area is 191 Å². The maximum Gasteiger partial charge on any atom is 0.416 e. The van der Waals surface area contributed by atoms with Crippen LogP contribution < -0.4 is 0 Å². The van der Waals surface area contributed by atoms with E-state index in [2.05, 4.69) is 29.0 Å². The van der Waals surface area contributed by atoms with E-state index in [1.807, 2.05) is 11.6 Å². The zero-order valence-electron chi connectivity index (χ0n) is 19.1. The van der Waals surface area contributed by atoms with Crippen molar-refractivity contribution in [1.29, 1.82) is 5.26 Å². The summed E-state index contributed by atoms with van der Waals surface area (Å²) in [6.07, 6.45) is 3.25. The van der Waals surface area contributed by atoms with Crippen LogP contribution in [0.25, 0.3) is 11.1 Å². The molecule has 3 rings (SSSR count). The Morgan fingerprint density at radius 2 is 1.79 bits per heavy atom. The normalized spacial score (nSPS) is 11.2. The Bertz CT molecular complexity index is 1080. The number of aromatic nitrogens is 4. The van der Waals surface area contributed by atoms with E-state index in [4.69, 9.17) is 5.26 Å². The van der Waals surface area contributed by atoms with Crippen LogP contribution in [0.15, 0.2) is 36.8 Å². The quantitative estimate of drug-likeness (QED) is 0.307. The molecule has 9 heteroatoms. The molecule has 0 aliphatic rings. The van der Waals surface area contributed by atoms with E-state index in [1.54, 1.807) is 12.4 Å². The van der Waals surface area contributed by atoms with Crippen LogP contribution in [0.2, 0.25) is 0 Å². The molecule has 0 atom stereocenters. The predicted molar refractivity (Wildman–Crippen MR) is 118 cm³/mol. The average molecular weight is 462 g/mol. The molecule has 0 unspecified atom stereocenters. The molecule has 5 nitrogen and oxygen atoms in total. The van der Waals surface area contributed by atoms with Gasteiger partial charge in [0, 0.05) is 24.7 Å². The summed E-state index contributed by atoms with van der Waals surface area (Å²) in [4.78, 5) is 3.41. The summed E-state index contributed by atoms with van der Waals surface area (Å²) < 4.78 is 53.2. The van der Waals surface area contributed by atoms with Crippen molar-refractivity contribution in [2.24, 2.45) is 7.05 Å². The second-order valence-corrected chi connectivity index (χ2v) is 7.75. The summed E-state index contributed by atoms with van der Waals surface area (Å²) in [6, 6.07) is 5.85. The summed E-state index contributed by atoms with van der Waals surface area (Å²) in [5.41, 5.74) is -0.0533. The molecule has 0 aliphatic heterocycles. The molecule has 0 N–H and O–H groups in total. The van der Waals surface area contributed by atoms with Gasteiger partial charge in [0.2, 0.25) is 5.95 Å². The molecular weight excluding hydrogens is 434 g/mol. The van der Waals surface area contributed by atoms with Crippen molar-refractivity contribution in [3.63, 3.8) is 0 Å². The zero-order valence-corrected chi connectivity index (χ0v) is 19.1. The van der Waals surface area contributed by atoms with E-state index in [9.17, 15) is 17.6 Å². The van der Waals surface area contributed by atoms with Gasteiger partial charge in [-0.1, -0.05) is 26.7 Å². The van der Waals surface area contributed by atoms with E-state index in [0.29, 0.717) is 17.0 Å². The van der Waals surface area contributed by atoms with Crippen molar-refractivity contribution in [3.05, 3.63) is 65.3 Å². The van der Waals surface area contributed by atoms with Crippen LogP contribution >= 0.6 is 0 Å². The number of aryl methyl sites for hydroxylation is 1. The number of alkyl halides is 3. The number of hydrogen-bond donors (Lipinski definition) is 0.